The fourth-order valence-corrected chi connectivity index (χ4v) is 0.940. The van der Waals surface area contributed by atoms with E-state index in [9.17, 15) is 0 Å². The second-order valence-corrected chi connectivity index (χ2v) is 2.99. The van der Waals surface area contributed by atoms with Crippen LogP contribution in [0.5, 0.6) is 0 Å². The summed E-state index contributed by atoms with van der Waals surface area (Å²) in [6.07, 6.45) is 22.6. The van der Waals surface area contributed by atoms with Crippen LogP contribution in [0.3, 0.4) is 0 Å². The van der Waals surface area contributed by atoms with Gasteiger partial charge in [-0.15, -0.1) is 12.8 Å². The Morgan fingerprint density at radius 2 is 1.82 bits per heavy atom. The first-order chi connectivity index (χ1) is 8.35. The van der Waals surface area contributed by atoms with Crippen LogP contribution in [0.4, 0.5) is 0 Å². The molecule has 0 saturated carbocycles. The summed E-state index contributed by atoms with van der Waals surface area (Å²) in [6.45, 7) is 6.26. The van der Waals surface area contributed by atoms with Gasteiger partial charge in [0.25, 0.3) is 0 Å². The molecule has 2 heteroatoms. The van der Waals surface area contributed by atoms with Gasteiger partial charge < -0.3 is 4.42 Å². The number of allylic oxidation sites excluding steroid dienone is 4. The van der Waals surface area contributed by atoms with E-state index in [0.29, 0.717) is 0 Å². The van der Waals surface area contributed by atoms with Crippen molar-refractivity contribution < 1.29 is 4.42 Å². The molecule has 1 rings (SSSR count). The van der Waals surface area contributed by atoms with E-state index in [4.69, 9.17) is 4.42 Å². The van der Waals surface area contributed by atoms with Gasteiger partial charge >= 0.3 is 0 Å². The Labute approximate surface area is 105 Å². The van der Waals surface area contributed by atoms with Crippen LogP contribution in [0.1, 0.15) is 39.5 Å². The van der Waals surface area contributed by atoms with Crippen molar-refractivity contribution in [3.05, 3.63) is 42.7 Å². The van der Waals surface area contributed by atoms with E-state index in [1.165, 1.54) is 0 Å². The monoisotopic (exact) mass is 233 g/mol. The van der Waals surface area contributed by atoms with Crippen LogP contribution < -0.4 is 0 Å². The van der Waals surface area contributed by atoms with E-state index in [2.05, 4.69) is 56.0 Å². The third-order valence-electron chi connectivity index (χ3n) is 1.65. The minimum absolute atomic E-state index is 0.782. The average molecular weight is 233 g/mol. The van der Waals surface area contributed by atoms with Gasteiger partial charge in [0.2, 0.25) is 0 Å². The SMILES string of the molecule is C#C.C/C=C/CC.CC/C=C\Cc1ncco1. The first-order valence-corrected chi connectivity index (χ1v) is 5.82. The molecule has 0 aliphatic carbocycles. The van der Waals surface area contributed by atoms with E-state index in [0.717, 1.165) is 25.2 Å². The minimum atomic E-state index is 0.782. The topological polar surface area (TPSA) is 26.0 Å². The second kappa shape index (κ2) is 16.7. The van der Waals surface area contributed by atoms with Crippen LogP contribution in [-0.4, -0.2) is 4.98 Å². The number of terminal acetylenes is 1. The molecule has 0 amide bonds. The third-order valence-corrected chi connectivity index (χ3v) is 1.65. The van der Waals surface area contributed by atoms with Gasteiger partial charge in [0.15, 0.2) is 5.89 Å². The number of rotatable bonds is 4. The number of aromatic nitrogens is 1. The summed E-state index contributed by atoms with van der Waals surface area (Å²) in [6, 6.07) is 0. The lowest BCUT2D eigenvalue weighted by Gasteiger charge is -1.83. The van der Waals surface area contributed by atoms with E-state index in [-0.39, 0.29) is 0 Å². The number of hydrogen-bond donors (Lipinski definition) is 0. The molecular weight excluding hydrogens is 210 g/mol. The van der Waals surface area contributed by atoms with Crippen LogP contribution in [0, 0.1) is 12.8 Å². The van der Waals surface area contributed by atoms with Crippen LogP contribution in [0.15, 0.2) is 41.2 Å². The lowest BCUT2D eigenvalue weighted by Crippen LogP contribution is -1.77. The molecule has 1 aromatic rings. The van der Waals surface area contributed by atoms with E-state index in [1.807, 2.05) is 6.92 Å². The number of nitrogens with zero attached hydrogens (tertiary/aromatic N) is 1. The van der Waals surface area contributed by atoms with Gasteiger partial charge in [-0.2, -0.15) is 0 Å². The number of oxazole rings is 1. The summed E-state index contributed by atoms with van der Waals surface area (Å²) in [5, 5.41) is 0. The fourth-order valence-electron chi connectivity index (χ4n) is 0.940. The maximum Gasteiger partial charge on any atom is 0.197 e. The quantitative estimate of drug-likeness (QED) is 0.569. The zero-order valence-corrected chi connectivity index (χ0v) is 11.1. The molecule has 0 radical (unpaired) electrons. The molecule has 0 aliphatic heterocycles. The van der Waals surface area contributed by atoms with E-state index < -0.39 is 0 Å². The van der Waals surface area contributed by atoms with Crippen molar-refractivity contribution in [1.82, 2.24) is 4.98 Å². The molecule has 0 bridgehead atoms. The molecule has 1 aromatic heterocycles. The normalized spacial score (nSPS) is 9.47. The highest BCUT2D eigenvalue weighted by molar-refractivity contribution is 4.92. The zero-order valence-electron chi connectivity index (χ0n) is 11.1. The van der Waals surface area contributed by atoms with Crippen LogP contribution in [0.2, 0.25) is 0 Å². The zero-order chi connectivity index (χ0) is 13.4. The van der Waals surface area contributed by atoms with Crippen molar-refractivity contribution in [2.24, 2.45) is 0 Å². The van der Waals surface area contributed by atoms with Crippen LogP contribution in [-0.2, 0) is 6.42 Å². The molecule has 0 saturated heterocycles. The summed E-state index contributed by atoms with van der Waals surface area (Å²) in [5.74, 6) is 0.782. The predicted octanol–water partition coefficient (Wildman–Crippen LogP) is 4.41. The highest BCUT2D eigenvalue weighted by Crippen LogP contribution is 1.96. The summed E-state index contributed by atoms with van der Waals surface area (Å²) >= 11 is 0. The molecule has 0 N–H and O–H groups in total. The molecule has 0 spiro atoms. The van der Waals surface area contributed by atoms with Crippen molar-refractivity contribution in [2.75, 3.05) is 0 Å². The van der Waals surface area contributed by atoms with Crippen LogP contribution in [0.25, 0.3) is 0 Å². The van der Waals surface area contributed by atoms with Gasteiger partial charge in [0, 0.05) is 6.42 Å². The Hall–Kier alpha value is -1.75. The van der Waals surface area contributed by atoms with E-state index in [1.54, 1.807) is 12.5 Å². The van der Waals surface area contributed by atoms with Gasteiger partial charge in [-0.25, -0.2) is 4.98 Å². The largest absolute Gasteiger partial charge is 0.449 e. The first-order valence-electron chi connectivity index (χ1n) is 5.82. The van der Waals surface area contributed by atoms with Crippen molar-refractivity contribution in [3.63, 3.8) is 0 Å². The molecule has 2 nitrogen and oxygen atoms in total. The molecular formula is C15H23NO. The van der Waals surface area contributed by atoms with Crippen LogP contribution >= 0.6 is 0 Å². The van der Waals surface area contributed by atoms with Crippen molar-refractivity contribution >= 4 is 0 Å². The molecule has 0 atom stereocenters. The van der Waals surface area contributed by atoms with Crippen molar-refractivity contribution in [1.29, 1.82) is 0 Å². The summed E-state index contributed by atoms with van der Waals surface area (Å²) in [5.41, 5.74) is 0. The molecule has 0 fully saturated rings. The summed E-state index contributed by atoms with van der Waals surface area (Å²) < 4.78 is 5.02. The lowest BCUT2D eigenvalue weighted by atomic mass is 10.3. The van der Waals surface area contributed by atoms with Gasteiger partial charge in [0.1, 0.15) is 6.26 Å². The lowest BCUT2D eigenvalue weighted by molar-refractivity contribution is 0.509. The van der Waals surface area contributed by atoms with Crippen molar-refractivity contribution in [3.8, 4) is 12.8 Å². The fraction of sp³-hybridized carbons (Fsp3) is 0.400. The molecule has 0 unspecified atom stereocenters. The maximum absolute atomic E-state index is 5.02. The van der Waals surface area contributed by atoms with Gasteiger partial charge in [-0.3, -0.25) is 0 Å². The standard InChI is InChI=1S/C8H11NO.C5H10.C2H2/c1-2-3-4-5-8-9-6-7-10-8;1-3-5-4-2;1-2/h3-4,6-7H,2,5H2,1H3;3,5H,4H2,1-2H3;1-2H/b4-3-;5-3+;. The Kier molecular flexibility index (Phi) is 17.3. The average Bonchev–Trinajstić information content (AvgIpc) is 2.87. The minimum Gasteiger partial charge on any atom is -0.449 e. The summed E-state index contributed by atoms with van der Waals surface area (Å²) in [7, 11) is 0. The van der Waals surface area contributed by atoms with Gasteiger partial charge in [0.05, 0.1) is 6.20 Å². The highest BCUT2D eigenvalue weighted by Gasteiger charge is 1.89. The van der Waals surface area contributed by atoms with Gasteiger partial charge in [-0.1, -0.05) is 38.2 Å². The summed E-state index contributed by atoms with van der Waals surface area (Å²) in [4.78, 5) is 3.97. The van der Waals surface area contributed by atoms with E-state index >= 15 is 0 Å². The van der Waals surface area contributed by atoms with Crippen molar-refractivity contribution in [2.45, 2.75) is 40.0 Å². The number of hydrogen-bond acceptors (Lipinski definition) is 2. The molecule has 1 heterocycles. The predicted molar refractivity (Wildman–Crippen MR) is 74.6 cm³/mol. The Morgan fingerprint density at radius 3 is 2.18 bits per heavy atom. The second-order valence-electron chi connectivity index (χ2n) is 2.99. The molecule has 17 heavy (non-hydrogen) atoms. The third kappa shape index (κ3) is 14.2. The Morgan fingerprint density at radius 1 is 1.18 bits per heavy atom. The Bertz CT molecular complexity index is 294. The molecule has 0 aliphatic rings. The highest BCUT2D eigenvalue weighted by atomic mass is 16.3. The first kappa shape index (κ1) is 17.6. The Balaban J connectivity index is 0. The molecule has 0 aromatic carbocycles. The van der Waals surface area contributed by atoms with Gasteiger partial charge in [-0.05, 0) is 19.8 Å². The smallest absolute Gasteiger partial charge is 0.197 e. The maximum atomic E-state index is 5.02. The molecule has 94 valence electrons.